The van der Waals surface area contributed by atoms with Crippen molar-refractivity contribution in [1.82, 2.24) is 5.01 Å². The Bertz CT molecular complexity index is 923. The largest absolute Gasteiger partial charge is 0.490 e. The maximum absolute atomic E-state index is 12.7. The maximum atomic E-state index is 12.7. The van der Waals surface area contributed by atoms with Crippen LogP contribution in [0.5, 0.6) is 11.5 Å². The van der Waals surface area contributed by atoms with E-state index in [1.165, 1.54) is 6.21 Å². The second-order valence-electron chi connectivity index (χ2n) is 8.20. The predicted molar refractivity (Wildman–Crippen MR) is 111 cm³/mol. The first-order chi connectivity index (χ1) is 14.9. The van der Waals surface area contributed by atoms with Crippen molar-refractivity contribution in [2.24, 2.45) is 28.8 Å². The van der Waals surface area contributed by atoms with E-state index in [4.69, 9.17) is 14.2 Å². The Labute approximate surface area is 180 Å². The van der Waals surface area contributed by atoms with Gasteiger partial charge in [0.05, 0.1) is 30.8 Å². The molecule has 4 unspecified atom stereocenters. The molecule has 8 heteroatoms. The van der Waals surface area contributed by atoms with Crippen LogP contribution in [0.15, 0.2) is 35.5 Å². The summed E-state index contributed by atoms with van der Waals surface area (Å²) in [5.74, 6) is -0.353. The molecule has 2 fully saturated rings. The zero-order valence-corrected chi connectivity index (χ0v) is 17.8. The number of esters is 1. The maximum Gasteiger partial charge on any atom is 0.344 e. The van der Waals surface area contributed by atoms with Gasteiger partial charge >= 0.3 is 5.97 Å². The highest BCUT2D eigenvalue weighted by atomic mass is 16.6. The van der Waals surface area contributed by atoms with Crippen molar-refractivity contribution in [2.45, 2.75) is 33.3 Å². The number of hydrazone groups is 1. The van der Waals surface area contributed by atoms with Crippen LogP contribution in [-0.4, -0.2) is 48.3 Å². The first-order valence-electron chi connectivity index (χ1n) is 10.6. The van der Waals surface area contributed by atoms with E-state index in [0.29, 0.717) is 23.7 Å². The Morgan fingerprint density at radius 3 is 2.42 bits per heavy atom. The average molecular weight is 426 g/mol. The number of fused-ring (bicyclic) bond motifs is 5. The van der Waals surface area contributed by atoms with Crippen molar-refractivity contribution < 1.29 is 28.6 Å². The second-order valence-corrected chi connectivity index (χ2v) is 8.20. The van der Waals surface area contributed by atoms with Gasteiger partial charge in [-0.3, -0.25) is 9.59 Å². The standard InChI is InChI=1S/C23H26N2O6/c1-4-29-18-9-14(5-8-17(18)30-12-19(26)31-13(2)3)11-24-25-22(27)20-15-6-7-16(10-15)21(20)23(25)28/h5-9,11,13,15-16,20-21H,4,10,12H2,1-3H3. The van der Waals surface area contributed by atoms with Gasteiger partial charge in [0.25, 0.3) is 11.8 Å². The molecule has 4 rings (SSSR count). The molecule has 164 valence electrons. The monoisotopic (exact) mass is 426 g/mol. The van der Waals surface area contributed by atoms with Crippen LogP contribution >= 0.6 is 0 Å². The van der Waals surface area contributed by atoms with E-state index in [1.54, 1.807) is 32.0 Å². The summed E-state index contributed by atoms with van der Waals surface area (Å²) in [6, 6.07) is 5.06. The summed E-state index contributed by atoms with van der Waals surface area (Å²) < 4.78 is 16.2. The normalized spacial score (nSPS) is 26.3. The van der Waals surface area contributed by atoms with Gasteiger partial charge < -0.3 is 14.2 Å². The molecular weight excluding hydrogens is 400 g/mol. The summed E-state index contributed by atoms with van der Waals surface area (Å²) in [6.45, 7) is 5.53. The highest BCUT2D eigenvalue weighted by Gasteiger charge is 2.59. The smallest absolute Gasteiger partial charge is 0.344 e. The quantitative estimate of drug-likeness (QED) is 0.274. The summed E-state index contributed by atoms with van der Waals surface area (Å²) in [5, 5.41) is 5.19. The Hall–Kier alpha value is -3.16. The van der Waals surface area contributed by atoms with Crippen molar-refractivity contribution in [3.05, 3.63) is 35.9 Å². The zero-order chi connectivity index (χ0) is 22.1. The van der Waals surface area contributed by atoms with Crippen molar-refractivity contribution in [1.29, 1.82) is 0 Å². The van der Waals surface area contributed by atoms with Gasteiger partial charge in [-0.15, -0.1) is 0 Å². The van der Waals surface area contributed by atoms with Crippen LogP contribution in [-0.2, 0) is 19.1 Å². The van der Waals surface area contributed by atoms with Crippen LogP contribution in [0.4, 0.5) is 0 Å². The third-order valence-corrected chi connectivity index (χ3v) is 5.75. The molecule has 1 heterocycles. The minimum absolute atomic E-state index is 0.148. The first-order valence-corrected chi connectivity index (χ1v) is 10.6. The van der Waals surface area contributed by atoms with Crippen molar-refractivity contribution >= 4 is 24.0 Å². The number of hydrogen-bond acceptors (Lipinski definition) is 7. The van der Waals surface area contributed by atoms with E-state index >= 15 is 0 Å². The summed E-state index contributed by atoms with van der Waals surface area (Å²) >= 11 is 0. The third kappa shape index (κ3) is 4.06. The molecule has 2 bridgehead atoms. The molecule has 0 N–H and O–H groups in total. The molecule has 1 saturated carbocycles. The molecule has 1 aliphatic heterocycles. The molecule has 1 saturated heterocycles. The number of ether oxygens (including phenoxy) is 3. The SMILES string of the molecule is CCOc1cc(C=NN2C(=O)C3C4C=CC(C4)C3C2=O)ccc1OCC(=O)OC(C)C. The molecule has 1 aromatic carbocycles. The summed E-state index contributed by atoms with van der Waals surface area (Å²) in [6.07, 6.45) is 6.23. The summed E-state index contributed by atoms with van der Waals surface area (Å²) in [7, 11) is 0. The lowest BCUT2D eigenvalue weighted by atomic mass is 9.85. The Balaban J connectivity index is 1.45. The number of nitrogens with zero attached hydrogens (tertiary/aromatic N) is 2. The molecule has 0 radical (unpaired) electrons. The first kappa shape index (κ1) is 21.1. The van der Waals surface area contributed by atoms with Crippen molar-refractivity contribution in [2.75, 3.05) is 13.2 Å². The van der Waals surface area contributed by atoms with Crippen LogP contribution in [0.1, 0.15) is 32.8 Å². The number of amides is 2. The molecule has 4 atom stereocenters. The molecule has 2 aliphatic carbocycles. The van der Waals surface area contributed by atoms with Crippen LogP contribution in [0.3, 0.4) is 0 Å². The van der Waals surface area contributed by atoms with Gasteiger partial charge in [-0.05, 0) is 62.8 Å². The van der Waals surface area contributed by atoms with Crippen LogP contribution < -0.4 is 9.47 Å². The highest BCUT2D eigenvalue weighted by molar-refractivity contribution is 6.06. The van der Waals surface area contributed by atoms with Gasteiger partial charge in [0.1, 0.15) is 0 Å². The van der Waals surface area contributed by atoms with Crippen molar-refractivity contribution in [3.8, 4) is 11.5 Å². The van der Waals surface area contributed by atoms with Gasteiger partial charge in [-0.1, -0.05) is 12.2 Å². The Morgan fingerprint density at radius 2 is 1.81 bits per heavy atom. The van der Waals surface area contributed by atoms with E-state index in [9.17, 15) is 14.4 Å². The molecule has 31 heavy (non-hydrogen) atoms. The Kier molecular flexibility index (Phi) is 5.80. The third-order valence-electron chi connectivity index (χ3n) is 5.75. The number of allylic oxidation sites excluding steroid dienone is 2. The topological polar surface area (TPSA) is 94.5 Å². The van der Waals surface area contributed by atoms with Gasteiger partial charge in [-0.2, -0.15) is 10.1 Å². The fourth-order valence-corrected chi connectivity index (χ4v) is 4.55. The molecule has 0 spiro atoms. The minimum atomic E-state index is -0.469. The molecule has 1 aromatic rings. The fourth-order valence-electron chi connectivity index (χ4n) is 4.55. The molecule has 3 aliphatic rings. The number of rotatable bonds is 8. The lowest BCUT2D eigenvalue weighted by Crippen LogP contribution is -2.28. The fraction of sp³-hybridized carbons (Fsp3) is 0.478. The van der Waals surface area contributed by atoms with E-state index in [1.807, 2.05) is 19.1 Å². The van der Waals surface area contributed by atoms with Crippen LogP contribution in [0, 0.1) is 23.7 Å². The molecule has 8 nitrogen and oxygen atoms in total. The van der Waals surface area contributed by atoms with Crippen LogP contribution in [0.2, 0.25) is 0 Å². The molecular formula is C23H26N2O6. The lowest BCUT2D eigenvalue weighted by molar-refractivity contribution is -0.149. The molecule has 2 amide bonds. The number of hydrogen-bond donors (Lipinski definition) is 0. The number of benzene rings is 1. The minimum Gasteiger partial charge on any atom is -0.490 e. The van der Waals surface area contributed by atoms with E-state index in [2.05, 4.69) is 5.10 Å². The number of carbonyl (C=O) groups is 3. The van der Waals surface area contributed by atoms with E-state index < -0.39 is 5.97 Å². The van der Waals surface area contributed by atoms with E-state index in [0.717, 1.165) is 11.4 Å². The summed E-state index contributed by atoms with van der Waals surface area (Å²) in [4.78, 5) is 37.2. The van der Waals surface area contributed by atoms with E-state index in [-0.39, 0.29) is 48.2 Å². The number of imide groups is 1. The number of carbonyl (C=O) groups excluding carboxylic acids is 3. The van der Waals surface area contributed by atoms with Crippen molar-refractivity contribution in [3.63, 3.8) is 0 Å². The van der Waals surface area contributed by atoms with Gasteiger partial charge in [-0.25, -0.2) is 4.79 Å². The zero-order valence-electron chi connectivity index (χ0n) is 17.8. The summed E-state index contributed by atoms with van der Waals surface area (Å²) in [5.41, 5.74) is 0.638. The average Bonchev–Trinajstić information content (AvgIpc) is 3.40. The van der Waals surface area contributed by atoms with Gasteiger partial charge in [0.2, 0.25) is 0 Å². The van der Waals surface area contributed by atoms with Gasteiger partial charge in [0, 0.05) is 0 Å². The molecule has 0 aromatic heterocycles. The Morgan fingerprint density at radius 1 is 1.13 bits per heavy atom. The van der Waals surface area contributed by atoms with Crippen LogP contribution in [0.25, 0.3) is 0 Å². The second kappa shape index (κ2) is 8.53. The highest BCUT2D eigenvalue weighted by Crippen LogP contribution is 2.52. The lowest BCUT2D eigenvalue weighted by Gasteiger charge is -2.14. The predicted octanol–water partition coefficient (Wildman–Crippen LogP) is 2.56. The van der Waals surface area contributed by atoms with Gasteiger partial charge in [0.15, 0.2) is 18.1 Å².